The van der Waals surface area contributed by atoms with E-state index in [0.29, 0.717) is 0 Å². The van der Waals surface area contributed by atoms with Crippen LogP contribution in [-0.2, 0) is 0 Å². The van der Waals surface area contributed by atoms with E-state index in [4.69, 9.17) is 0 Å². The van der Waals surface area contributed by atoms with Crippen molar-refractivity contribution in [2.45, 2.75) is 0 Å². The van der Waals surface area contributed by atoms with Crippen molar-refractivity contribution in [2.24, 2.45) is 0 Å². The minimum absolute atomic E-state index is 0.0120. The fourth-order valence-corrected chi connectivity index (χ4v) is 1.98. The molecule has 0 saturated heterocycles. The van der Waals surface area contributed by atoms with Gasteiger partial charge in [-0.1, -0.05) is 18.2 Å². The summed E-state index contributed by atoms with van der Waals surface area (Å²) >= 11 is 0. The summed E-state index contributed by atoms with van der Waals surface area (Å²) in [5.41, 5.74) is 0.298. The molecule has 0 saturated carbocycles. The first kappa shape index (κ1) is 14.8. The first-order chi connectivity index (χ1) is 11.1. The monoisotopic (exact) mass is 317 g/mol. The Morgan fingerprint density at radius 3 is 2.43 bits per heavy atom. The van der Waals surface area contributed by atoms with Crippen LogP contribution in [0.3, 0.4) is 0 Å². The van der Waals surface area contributed by atoms with Gasteiger partial charge in [0, 0.05) is 6.20 Å². The molecule has 1 amide bonds. The number of hydrogen-bond acceptors (Lipinski definition) is 2. The number of nitrogens with one attached hydrogen (secondary N) is 1. The van der Waals surface area contributed by atoms with E-state index in [1.165, 1.54) is 10.7 Å². The van der Waals surface area contributed by atoms with E-state index < -0.39 is 29.0 Å². The van der Waals surface area contributed by atoms with Crippen molar-refractivity contribution >= 4 is 11.6 Å². The van der Waals surface area contributed by atoms with E-state index >= 15 is 0 Å². The second-order valence-corrected chi connectivity index (χ2v) is 4.66. The van der Waals surface area contributed by atoms with Gasteiger partial charge in [-0.05, 0) is 30.3 Å². The van der Waals surface area contributed by atoms with Crippen LogP contribution in [0, 0.1) is 17.5 Å². The summed E-state index contributed by atoms with van der Waals surface area (Å²) in [5, 5.41) is 6.22. The summed E-state index contributed by atoms with van der Waals surface area (Å²) in [4.78, 5) is 12.0. The van der Waals surface area contributed by atoms with Gasteiger partial charge in [0.05, 0.1) is 11.4 Å². The van der Waals surface area contributed by atoms with Crippen LogP contribution in [0.2, 0.25) is 0 Å². The first-order valence-electron chi connectivity index (χ1n) is 6.62. The molecule has 0 atom stereocenters. The summed E-state index contributed by atoms with van der Waals surface area (Å²) in [5.74, 6) is -5.16. The zero-order valence-electron chi connectivity index (χ0n) is 11.6. The van der Waals surface area contributed by atoms with Crippen LogP contribution in [0.5, 0.6) is 0 Å². The van der Waals surface area contributed by atoms with Crippen LogP contribution in [-0.4, -0.2) is 15.7 Å². The quantitative estimate of drug-likeness (QED) is 0.751. The molecule has 0 aliphatic rings. The van der Waals surface area contributed by atoms with Gasteiger partial charge < -0.3 is 5.32 Å². The van der Waals surface area contributed by atoms with Gasteiger partial charge in [-0.15, -0.1) is 0 Å². The second-order valence-electron chi connectivity index (χ2n) is 4.66. The Balaban J connectivity index is 1.82. The molecule has 0 fully saturated rings. The number of para-hydroxylation sites is 1. The Bertz CT molecular complexity index is 862. The van der Waals surface area contributed by atoms with Gasteiger partial charge in [-0.25, -0.2) is 17.9 Å². The van der Waals surface area contributed by atoms with Gasteiger partial charge >= 0.3 is 0 Å². The lowest BCUT2D eigenvalue weighted by Crippen LogP contribution is -2.15. The number of aromatic nitrogens is 2. The maximum absolute atomic E-state index is 13.6. The third-order valence-electron chi connectivity index (χ3n) is 3.13. The molecule has 23 heavy (non-hydrogen) atoms. The molecule has 3 aromatic rings. The van der Waals surface area contributed by atoms with Crippen LogP contribution in [0.15, 0.2) is 54.7 Å². The molecule has 4 nitrogen and oxygen atoms in total. The summed E-state index contributed by atoms with van der Waals surface area (Å²) in [6, 6.07) is 12.2. The Labute approximate surface area is 129 Å². The molecule has 3 rings (SSSR count). The highest BCUT2D eigenvalue weighted by Crippen LogP contribution is 2.20. The highest BCUT2D eigenvalue weighted by Gasteiger charge is 2.17. The molecule has 116 valence electrons. The fourth-order valence-electron chi connectivity index (χ4n) is 1.98. The number of hydrogen-bond donors (Lipinski definition) is 1. The smallest absolute Gasteiger partial charge is 0.276 e. The largest absolute Gasteiger partial charge is 0.318 e. The first-order valence-corrected chi connectivity index (χ1v) is 6.62. The van der Waals surface area contributed by atoms with Gasteiger partial charge in [-0.3, -0.25) is 4.79 Å². The van der Waals surface area contributed by atoms with Crippen molar-refractivity contribution in [2.75, 3.05) is 5.32 Å². The lowest BCUT2D eigenvalue weighted by Gasteiger charge is -2.06. The molecular formula is C16H10F3N3O. The minimum atomic E-state index is -1.64. The van der Waals surface area contributed by atoms with Crippen molar-refractivity contribution in [1.29, 1.82) is 0 Å². The van der Waals surface area contributed by atoms with E-state index in [9.17, 15) is 18.0 Å². The van der Waals surface area contributed by atoms with Gasteiger partial charge in [0.15, 0.2) is 23.1 Å². The number of benzene rings is 2. The number of nitrogens with zero attached hydrogens (tertiary/aromatic N) is 2. The molecule has 1 aromatic heterocycles. The fraction of sp³-hybridized carbons (Fsp3) is 0. The SMILES string of the molecule is O=C(Nc1ccc(F)c(F)c1F)c1ccn(-c2ccccc2)n1. The summed E-state index contributed by atoms with van der Waals surface area (Å²) in [6.07, 6.45) is 1.56. The molecule has 1 heterocycles. The summed E-state index contributed by atoms with van der Waals surface area (Å²) in [6.45, 7) is 0. The van der Waals surface area contributed by atoms with Crippen LogP contribution in [0.25, 0.3) is 5.69 Å². The third-order valence-corrected chi connectivity index (χ3v) is 3.13. The maximum Gasteiger partial charge on any atom is 0.276 e. The number of halogens is 3. The Hall–Kier alpha value is -3.09. The zero-order valence-corrected chi connectivity index (χ0v) is 11.6. The maximum atomic E-state index is 13.6. The standard InChI is InChI=1S/C16H10F3N3O/c17-11-6-7-12(15(19)14(11)18)20-16(23)13-8-9-22(21-13)10-4-2-1-3-5-10/h1-9H,(H,20,23). The highest BCUT2D eigenvalue weighted by molar-refractivity contribution is 6.02. The molecule has 2 aromatic carbocycles. The third kappa shape index (κ3) is 2.94. The van der Waals surface area contributed by atoms with Crippen molar-refractivity contribution < 1.29 is 18.0 Å². The lowest BCUT2D eigenvalue weighted by molar-refractivity contribution is 0.102. The van der Waals surface area contributed by atoms with Gasteiger partial charge in [-0.2, -0.15) is 5.10 Å². The number of anilines is 1. The molecule has 0 aliphatic carbocycles. The molecule has 0 aliphatic heterocycles. The lowest BCUT2D eigenvalue weighted by atomic mass is 10.2. The average Bonchev–Trinajstić information content (AvgIpc) is 3.06. The molecule has 0 spiro atoms. The van der Waals surface area contributed by atoms with Crippen LogP contribution in [0.4, 0.5) is 18.9 Å². The molecule has 0 unspecified atom stereocenters. The van der Waals surface area contributed by atoms with E-state index in [0.717, 1.165) is 17.8 Å². The van der Waals surface area contributed by atoms with Gasteiger partial charge in [0.1, 0.15) is 0 Å². The van der Waals surface area contributed by atoms with E-state index in [2.05, 4.69) is 10.4 Å². The number of rotatable bonds is 3. The van der Waals surface area contributed by atoms with E-state index in [1.807, 2.05) is 18.2 Å². The molecule has 0 radical (unpaired) electrons. The molecular weight excluding hydrogens is 307 g/mol. The predicted molar refractivity (Wildman–Crippen MR) is 77.8 cm³/mol. The second kappa shape index (κ2) is 5.96. The van der Waals surface area contributed by atoms with Crippen molar-refractivity contribution in [3.8, 4) is 5.69 Å². The van der Waals surface area contributed by atoms with Crippen molar-refractivity contribution in [3.63, 3.8) is 0 Å². The van der Waals surface area contributed by atoms with Crippen LogP contribution in [0.1, 0.15) is 10.5 Å². The van der Waals surface area contributed by atoms with Gasteiger partial charge in [0.2, 0.25) is 0 Å². The normalized spacial score (nSPS) is 10.6. The van der Waals surface area contributed by atoms with Crippen LogP contribution < -0.4 is 5.32 Å². The topological polar surface area (TPSA) is 46.9 Å². The van der Waals surface area contributed by atoms with E-state index in [-0.39, 0.29) is 5.69 Å². The van der Waals surface area contributed by atoms with Crippen molar-refractivity contribution in [1.82, 2.24) is 9.78 Å². The zero-order chi connectivity index (χ0) is 16.4. The minimum Gasteiger partial charge on any atom is -0.318 e. The Kier molecular flexibility index (Phi) is 3.84. The number of carbonyl (C=O) groups excluding carboxylic acids is 1. The average molecular weight is 317 g/mol. The highest BCUT2D eigenvalue weighted by atomic mass is 19.2. The van der Waals surface area contributed by atoms with Crippen LogP contribution >= 0.6 is 0 Å². The number of carbonyl (C=O) groups is 1. The molecule has 0 bridgehead atoms. The molecule has 1 N–H and O–H groups in total. The predicted octanol–water partition coefficient (Wildman–Crippen LogP) is 3.54. The number of amides is 1. The van der Waals surface area contributed by atoms with Crippen molar-refractivity contribution in [3.05, 3.63) is 77.9 Å². The summed E-state index contributed by atoms with van der Waals surface area (Å²) in [7, 11) is 0. The Morgan fingerprint density at radius 2 is 1.70 bits per heavy atom. The van der Waals surface area contributed by atoms with E-state index in [1.54, 1.807) is 18.3 Å². The molecule has 7 heteroatoms. The van der Waals surface area contributed by atoms with Gasteiger partial charge in [0.25, 0.3) is 5.91 Å². The summed E-state index contributed by atoms with van der Waals surface area (Å²) < 4.78 is 41.0. The Morgan fingerprint density at radius 1 is 0.957 bits per heavy atom.